The molecule has 0 aromatic carbocycles. The van der Waals surface area contributed by atoms with E-state index in [0.29, 0.717) is 36.6 Å². The minimum Gasteiger partial charge on any atom is -0.339 e. The van der Waals surface area contributed by atoms with Crippen LogP contribution in [0.3, 0.4) is 0 Å². The van der Waals surface area contributed by atoms with Crippen molar-refractivity contribution in [2.24, 2.45) is 5.92 Å². The van der Waals surface area contributed by atoms with E-state index in [2.05, 4.69) is 15.2 Å². The molecule has 2 saturated heterocycles. The molecule has 3 heterocycles. The zero-order chi connectivity index (χ0) is 16.5. The van der Waals surface area contributed by atoms with Crippen LogP contribution in [0.25, 0.3) is 0 Å². The number of aromatic nitrogens is 1. The molecule has 7 heteroatoms. The molecule has 1 aromatic heterocycles. The third-order valence-electron chi connectivity index (χ3n) is 5.52. The lowest BCUT2D eigenvalue weighted by Crippen LogP contribution is -2.40. The molecule has 0 radical (unpaired) electrons. The van der Waals surface area contributed by atoms with Crippen LogP contribution in [0.4, 0.5) is 9.93 Å². The molecule has 1 atom stereocenters. The largest absolute Gasteiger partial charge is 0.339 e. The maximum Gasteiger partial charge on any atom is 0.323 e. The molecule has 1 aliphatic carbocycles. The van der Waals surface area contributed by atoms with Gasteiger partial charge >= 0.3 is 6.03 Å². The highest BCUT2D eigenvalue weighted by Crippen LogP contribution is 2.35. The van der Waals surface area contributed by atoms with Crippen molar-refractivity contribution in [2.45, 2.75) is 51.0 Å². The third-order valence-corrected chi connectivity index (χ3v) is 6.44. The van der Waals surface area contributed by atoms with E-state index >= 15 is 0 Å². The van der Waals surface area contributed by atoms with Gasteiger partial charge in [-0.1, -0.05) is 12.8 Å². The fraction of sp³-hybridized carbons (Fsp3) is 0.706. The van der Waals surface area contributed by atoms with Gasteiger partial charge in [-0.15, -0.1) is 11.3 Å². The lowest BCUT2D eigenvalue weighted by Gasteiger charge is -2.29. The van der Waals surface area contributed by atoms with Crippen LogP contribution < -0.4 is 10.2 Å². The Morgan fingerprint density at radius 2 is 2.08 bits per heavy atom. The highest BCUT2D eigenvalue weighted by atomic mass is 32.1. The maximum absolute atomic E-state index is 12.8. The van der Waals surface area contributed by atoms with Gasteiger partial charge in [0.15, 0.2) is 5.13 Å². The summed E-state index contributed by atoms with van der Waals surface area (Å²) in [6.07, 6.45) is 7.83. The van der Waals surface area contributed by atoms with Crippen molar-refractivity contribution in [3.8, 4) is 0 Å². The zero-order valence-corrected chi connectivity index (χ0v) is 14.7. The van der Waals surface area contributed by atoms with Crippen LogP contribution in [0.2, 0.25) is 0 Å². The first-order chi connectivity index (χ1) is 11.7. The van der Waals surface area contributed by atoms with Crippen LogP contribution in [-0.2, 0) is 11.2 Å². The van der Waals surface area contributed by atoms with Crippen LogP contribution in [0.5, 0.6) is 0 Å². The van der Waals surface area contributed by atoms with Gasteiger partial charge in [-0.25, -0.2) is 9.78 Å². The van der Waals surface area contributed by atoms with Crippen LogP contribution in [0.15, 0.2) is 5.38 Å². The average molecular weight is 348 g/mol. The lowest BCUT2D eigenvalue weighted by molar-refractivity contribution is -0.132. The van der Waals surface area contributed by atoms with Gasteiger partial charge in [0.05, 0.1) is 12.1 Å². The average Bonchev–Trinajstić information content (AvgIpc) is 3.34. The number of nitrogens with zero attached hydrogens (tertiary/aromatic N) is 3. The van der Waals surface area contributed by atoms with Gasteiger partial charge in [-0.3, -0.25) is 9.69 Å². The second-order valence-corrected chi connectivity index (χ2v) is 7.86. The minimum absolute atomic E-state index is 0.0944. The SMILES string of the molecule is O=C1NCCN1c1nc(CC(=O)N2CCC[C@@H]2C2CCCC2)cs1. The Morgan fingerprint density at radius 1 is 1.25 bits per heavy atom. The number of urea groups is 1. The first-order valence-corrected chi connectivity index (χ1v) is 9.89. The number of hydrogen-bond acceptors (Lipinski definition) is 4. The number of amides is 3. The fourth-order valence-electron chi connectivity index (χ4n) is 4.35. The van der Waals surface area contributed by atoms with Crippen molar-refractivity contribution in [2.75, 3.05) is 24.5 Å². The van der Waals surface area contributed by atoms with Crippen molar-refractivity contribution in [3.63, 3.8) is 0 Å². The van der Waals surface area contributed by atoms with Crippen molar-refractivity contribution in [1.29, 1.82) is 0 Å². The van der Waals surface area contributed by atoms with Crippen LogP contribution in [0, 0.1) is 5.92 Å². The van der Waals surface area contributed by atoms with Gasteiger partial charge in [0, 0.05) is 31.1 Å². The molecule has 1 N–H and O–H groups in total. The van der Waals surface area contributed by atoms with Crippen molar-refractivity contribution < 1.29 is 9.59 Å². The molecule has 0 unspecified atom stereocenters. The number of carbonyl (C=O) groups is 2. The van der Waals surface area contributed by atoms with Crippen molar-refractivity contribution >= 4 is 28.4 Å². The first-order valence-electron chi connectivity index (χ1n) is 9.01. The fourth-order valence-corrected chi connectivity index (χ4v) is 5.20. The Balaban J connectivity index is 1.40. The summed E-state index contributed by atoms with van der Waals surface area (Å²) in [4.78, 5) is 32.8. The molecular weight excluding hydrogens is 324 g/mol. The van der Waals surface area contributed by atoms with Gasteiger partial charge in [0.1, 0.15) is 0 Å². The van der Waals surface area contributed by atoms with Crippen LogP contribution in [-0.4, -0.2) is 47.5 Å². The molecule has 1 aromatic rings. The monoisotopic (exact) mass is 348 g/mol. The lowest BCUT2D eigenvalue weighted by atomic mass is 9.96. The predicted molar refractivity (Wildman–Crippen MR) is 93.3 cm³/mol. The van der Waals surface area contributed by atoms with Gasteiger partial charge in [-0.05, 0) is 31.6 Å². The second kappa shape index (κ2) is 6.70. The Hall–Kier alpha value is -1.63. The standard InChI is InChI=1S/C17H24N4O2S/c22-15(20-8-3-6-14(20)12-4-1-2-5-12)10-13-11-24-17(19-13)21-9-7-18-16(21)23/h11-12,14H,1-10H2,(H,18,23)/t14-/m1/s1. The Morgan fingerprint density at radius 3 is 2.83 bits per heavy atom. The second-order valence-electron chi connectivity index (χ2n) is 7.02. The smallest absolute Gasteiger partial charge is 0.323 e. The van der Waals surface area contributed by atoms with Crippen molar-refractivity contribution in [1.82, 2.24) is 15.2 Å². The molecule has 4 rings (SSSR count). The van der Waals surface area contributed by atoms with Crippen molar-refractivity contribution in [3.05, 3.63) is 11.1 Å². The van der Waals surface area contributed by atoms with E-state index in [1.807, 2.05) is 5.38 Å². The molecule has 24 heavy (non-hydrogen) atoms. The summed E-state index contributed by atoms with van der Waals surface area (Å²) in [5.74, 6) is 0.905. The molecule has 1 saturated carbocycles. The first kappa shape index (κ1) is 15.9. The van der Waals surface area contributed by atoms with Gasteiger partial charge in [0.2, 0.25) is 5.91 Å². The van der Waals surface area contributed by atoms with Gasteiger partial charge < -0.3 is 10.2 Å². The molecule has 6 nitrogen and oxygen atoms in total. The van der Waals surface area contributed by atoms with E-state index in [1.165, 1.54) is 37.0 Å². The van der Waals surface area contributed by atoms with E-state index in [4.69, 9.17) is 0 Å². The predicted octanol–water partition coefficient (Wildman–Crippen LogP) is 2.40. The highest BCUT2D eigenvalue weighted by Gasteiger charge is 2.36. The minimum atomic E-state index is -0.0944. The molecular formula is C17H24N4O2S. The summed E-state index contributed by atoms with van der Waals surface area (Å²) in [6.45, 7) is 2.20. The Labute approximate surface area is 146 Å². The van der Waals surface area contributed by atoms with Gasteiger partial charge in [0.25, 0.3) is 0 Å². The topological polar surface area (TPSA) is 65.5 Å². The zero-order valence-electron chi connectivity index (χ0n) is 13.9. The van der Waals surface area contributed by atoms with E-state index in [0.717, 1.165) is 25.1 Å². The highest BCUT2D eigenvalue weighted by molar-refractivity contribution is 7.14. The molecule has 3 amide bonds. The van der Waals surface area contributed by atoms with Gasteiger partial charge in [-0.2, -0.15) is 0 Å². The summed E-state index contributed by atoms with van der Waals surface area (Å²) in [5, 5.41) is 5.39. The number of anilines is 1. The Bertz CT molecular complexity index is 626. The number of rotatable bonds is 4. The number of thiazole rings is 1. The number of carbonyl (C=O) groups excluding carboxylic acids is 2. The molecule has 3 fully saturated rings. The number of nitrogens with one attached hydrogen (secondary N) is 1. The van der Waals surface area contributed by atoms with E-state index in [9.17, 15) is 9.59 Å². The summed E-state index contributed by atoms with van der Waals surface area (Å²) < 4.78 is 0. The number of likely N-dealkylation sites (tertiary alicyclic amines) is 1. The summed E-state index contributed by atoms with van der Waals surface area (Å²) in [7, 11) is 0. The summed E-state index contributed by atoms with van der Waals surface area (Å²) in [5.41, 5.74) is 0.789. The normalized spacial score (nSPS) is 24.8. The quantitative estimate of drug-likeness (QED) is 0.909. The van der Waals surface area contributed by atoms with E-state index in [-0.39, 0.29) is 11.9 Å². The Kier molecular flexibility index (Phi) is 4.43. The summed E-state index contributed by atoms with van der Waals surface area (Å²) in [6, 6.07) is 0.352. The van der Waals surface area contributed by atoms with E-state index in [1.54, 1.807) is 4.90 Å². The maximum atomic E-state index is 12.8. The summed E-state index contributed by atoms with van der Waals surface area (Å²) >= 11 is 1.44. The molecule has 130 valence electrons. The molecule has 2 aliphatic heterocycles. The third kappa shape index (κ3) is 3.01. The molecule has 0 bridgehead atoms. The van der Waals surface area contributed by atoms with E-state index < -0.39 is 0 Å². The molecule has 0 spiro atoms. The van der Waals surface area contributed by atoms with Crippen LogP contribution in [0.1, 0.15) is 44.2 Å². The molecule has 3 aliphatic rings. The number of hydrogen-bond donors (Lipinski definition) is 1. The van der Waals surface area contributed by atoms with Crippen LogP contribution >= 0.6 is 11.3 Å².